The average Bonchev–Trinajstić information content (AvgIpc) is 3.15. The third-order valence-electron chi connectivity index (χ3n) is 4.92. The lowest BCUT2D eigenvalue weighted by Crippen LogP contribution is -2.36. The summed E-state index contributed by atoms with van der Waals surface area (Å²) in [6.07, 6.45) is 2.38. The molecule has 0 bridgehead atoms. The van der Waals surface area contributed by atoms with Crippen LogP contribution in [0.25, 0.3) is 10.9 Å². The Balaban J connectivity index is 1.71. The predicted octanol–water partition coefficient (Wildman–Crippen LogP) is 2.84. The van der Waals surface area contributed by atoms with Crippen molar-refractivity contribution in [3.63, 3.8) is 0 Å². The Hall–Kier alpha value is -3.81. The number of hydrogen-bond donors (Lipinski definition) is 2. The molecule has 3 N–H and O–H groups in total. The number of ether oxygens (including phenoxy) is 2. The Labute approximate surface area is 167 Å². The highest BCUT2D eigenvalue weighted by Crippen LogP contribution is 2.36. The highest BCUT2D eigenvalue weighted by molar-refractivity contribution is 6.01. The first-order chi connectivity index (χ1) is 14.0. The van der Waals surface area contributed by atoms with E-state index in [2.05, 4.69) is 10.3 Å². The van der Waals surface area contributed by atoms with E-state index < -0.39 is 5.91 Å². The van der Waals surface area contributed by atoms with Gasteiger partial charge in [-0.2, -0.15) is 0 Å². The molecule has 148 valence electrons. The Morgan fingerprint density at radius 1 is 1.17 bits per heavy atom. The first kappa shape index (κ1) is 18.5. The third kappa shape index (κ3) is 3.29. The van der Waals surface area contributed by atoms with Gasteiger partial charge in [0.25, 0.3) is 5.91 Å². The smallest absolute Gasteiger partial charge is 0.321 e. The van der Waals surface area contributed by atoms with Crippen LogP contribution in [0, 0.1) is 0 Å². The number of nitrogens with zero attached hydrogens (tertiary/aromatic N) is 2. The van der Waals surface area contributed by atoms with Crippen LogP contribution in [0.1, 0.15) is 15.9 Å². The molecule has 0 radical (unpaired) electrons. The Bertz CT molecular complexity index is 1130. The van der Waals surface area contributed by atoms with Crippen LogP contribution >= 0.6 is 0 Å². The molecule has 0 saturated carbocycles. The number of urea groups is 1. The lowest BCUT2D eigenvalue weighted by molar-refractivity contribution is 0.0997. The van der Waals surface area contributed by atoms with E-state index in [1.807, 2.05) is 18.2 Å². The van der Waals surface area contributed by atoms with Crippen molar-refractivity contribution in [2.75, 3.05) is 25.6 Å². The van der Waals surface area contributed by atoms with Gasteiger partial charge in [-0.3, -0.25) is 14.7 Å². The first-order valence-corrected chi connectivity index (χ1v) is 9.08. The number of methoxy groups -OCH3 is 1. The standard InChI is InChI=1S/C21H20N4O4/c1-23-21(27)25-8-6-12-9-13(3-4-17(12)25)29-18-5-7-24-16-11-19(28-2)15(20(22)26)10-14(16)18/h3-5,7,9-11H,6,8H2,1-2H3,(H2,22,26)(H,23,27). The van der Waals surface area contributed by atoms with Gasteiger partial charge in [0.2, 0.25) is 0 Å². The molecule has 1 aliphatic heterocycles. The lowest BCUT2D eigenvalue weighted by atomic mass is 10.1. The Morgan fingerprint density at radius 3 is 2.72 bits per heavy atom. The van der Waals surface area contributed by atoms with Crippen LogP contribution in [0.3, 0.4) is 0 Å². The van der Waals surface area contributed by atoms with Crippen LogP contribution in [-0.4, -0.2) is 37.6 Å². The van der Waals surface area contributed by atoms with Crippen molar-refractivity contribution in [3.8, 4) is 17.2 Å². The summed E-state index contributed by atoms with van der Waals surface area (Å²) in [5.74, 6) is 0.944. The number of fused-ring (bicyclic) bond motifs is 2. The molecular weight excluding hydrogens is 372 g/mol. The molecule has 8 nitrogen and oxygen atoms in total. The van der Waals surface area contributed by atoms with E-state index in [0.717, 1.165) is 17.7 Å². The van der Waals surface area contributed by atoms with Crippen molar-refractivity contribution < 1.29 is 19.1 Å². The maximum absolute atomic E-state index is 12.0. The van der Waals surface area contributed by atoms with Crippen LogP contribution in [0.2, 0.25) is 0 Å². The van der Waals surface area contributed by atoms with E-state index in [9.17, 15) is 9.59 Å². The number of carbonyl (C=O) groups excluding carboxylic acids is 2. The molecule has 0 spiro atoms. The Kier molecular flexibility index (Phi) is 4.67. The summed E-state index contributed by atoms with van der Waals surface area (Å²) < 4.78 is 11.3. The number of primary amides is 1. The number of aromatic nitrogens is 1. The van der Waals surface area contributed by atoms with Crippen LogP contribution in [0.4, 0.5) is 10.5 Å². The molecule has 4 rings (SSSR count). The predicted molar refractivity (Wildman–Crippen MR) is 109 cm³/mol. The molecule has 3 amide bonds. The van der Waals surface area contributed by atoms with Crippen molar-refractivity contribution in [1.82, 2.24) is 10.3 Å². The van der Waals surface area contributed by atoms with E-state index in [0.29, 0.717) is 34.7 Å². The molecule has 0 aliphatic carbocycles. The molecule has 1 aromatic heterocycles. The quantitative estimate of drug-likeness (QED) is 0.710. The summed E-state index contributed by atoms with van der Waals surface area (Å²) in [5, 5.41) is 3.29. The zero-order valence-corrected chi connectivity index (χ0v) is 16.1. The SMILES string of the molecule is CNC(=O)N1CCc2cc(Oc3ccnc4cc(OC)c(C(N)=O)cc34)ccc21. The number of pyridine rings is 1. The van der Waals surface area contributed by atoms with Gasteiger partial charge in [0.15, 0.2) is 0 Å². The minimum atomic E-state index is -0.592. The third-order valence-corrected chi connectivity index (χ3v) is 4.92. The lowest BCUT2D eigenvalue weighted by Gasteiger charge is -2.17. The van der Waals surface area contributed by atoms with Gasteiger partial charge in [-0.25, -0.2) is 4.79 Å². The molecule has 1 aliphatic rings. The number of nitrogens with two attached hydrogens (primary N) is 1. The molecule has 0 saturated heterocycles. The zero-order valence-electron chi connectivity index (χ0n) is 16.1. The topological polar surface area (TPSA) is 107 Å². The number of benzene rings is 2. The number of rotatable bonds is 4. The van der Waals surface area contributed by atoms with Gasteiger partial charge in [-0.1, -0.05) is 0 Å². The van der Waals surface area contributed by atoms with Crippen molar-refractivity contribution >= 4 is 28.5 Å². The van der Waals surface area contributed by atoms with Gasteiger partial charge in [0.1, 0.15) is 17.2 Å². The zero-order chi connectivity index (χ0) is 20.5. The van der Waals surface area contributed by atoms with Gasteiger partial charge in [0.05, 0.1) is 18.2 Å². The molecule has 3 aromatic rings. The molecule has 8 heteroatoms. The second-order valence-electron chi connectivity index (χ2n) is 6.59. The summed E-state index contributed by atoms with van der Waals surface area (Å²) in [4.78, 5) is 29.8. The molecule has 0 unspecified atom stereocenters. The largest absolute Gasteiger partial charge is 0.496 e. The van der Waals surface area contributed by atoms with Crippen molar-refractivity contribution in [1.29, 1.82) is 0 Å². The summed E-state index contributed by atoms with van der Waals surface area (Å²) in [5.41, 5.74) is 8.26. The van der Waals surface area contributed by atoms with Crippen molar-refractivity contribution in [2.45, 2.75) is 6.42 Å². The summed E-state index contributed by atoms with van der Waals surface area (Å²) >= 11 is 0. The number of amides is 3. The average molecular weight is 392 g/mol. The van der Waals surface area contributed by atoms with Crippen LogP contribution < -0.4 is 25.4 Å². The highest BCUT2D eigenvalue weighted by Gasteiger charge is 2.24. The second-order valence-corrected chi connectivity index (χ2v) is 6.59. The first-order valence-electron chi connectivity index (χ1n) is 9.08. The van der Waals surface area contributed by atoms with Crippen molar-refractivity contribution in [3.05, 3.63) is 53.7 Å². The van der Waals surface area contributed by atoms with Gasteiger partial charge in [-0.05, 0) is 42.3 Å². The van der Waals surface area contributed by atoms with Gasteiger partial charge in [-0.15, -0.1) is 0 Å². The normalized spacial score (nSPS) is 12.6. The molecule has 0 fully saturated rings. The van der Waals surface area contributed by atoms with Gasteiger partial charge < -0.3 is 20.5 Å². The minimum absolute atomic E-state index is 0.134. The van der Waals surface area contributed by atoms with Crippen LogP contribution in [0.15, 0.2) is 42.6 Å². The summed E-state index contributed by atoms with van der Waals surface area (Å²) in [6, 6.07) is 10.5. The van der Waals surface area contributed by atoms with Crippen LogP contribution in [0.5, 0.6) is 17.2 Å². The molecule has 0 atom stereocenters. The maximum Gasteiger partial charge on any atom is 0.321 e. The fourth-order valence-corrected chi connectivity index (χ4v) is 3.51. The number of anilines is 1. The van der Waals surface area contributed by atoms with E-state index in [1.54, 1.807) is 36.3 Å². The van der Waals surface area contributed by atoms with E-state index in [-0.39, 0.29) is 11.6 Å². The number of hydrogen-bond acceptors (Lipinski definition) is 5. The molecule has 2 aromatic carbocycles. The molecule has 2 heterocycles. The van der Waals surface area contributed by atoms with E-state index >= 15 is 0 Å². The fourth-order valence-electron chi connectivity index (χ4n) is 3.51. The fraction of sp³-hybridized carbons (Fsp3) is 0.190. The Morgan fingerprint density at radius 2 is 2.00 bits per heavy atom. The number of nitrogens with one attached hydrogen (secondary N) is 1. The highest BCUT2D eigenvalue weighted by atomic mass is 16.5. The van der Waals surface area contributed by atoms with Crippen LogP contribution in [-0.2, 0) is 6.42 Å². The second kappa shape index (κ2) is 7.31. The van der Waals surface area contributed by atoms with E-state index in [1.165, 1.54) is 7.11 Å². The monoisotopic (exact) mass is 392 g/mol. The van der Waals surface area contributed by atoms with Gasteiger partial charge >= 0.3 is 6.03 Å². The molecule has 29 heavy (non-hydrogen) atoms. The molecular formula is C21H20N4O4. The summed E-state index contributed by atoms with van der Waals surface area (Å²) in [6.45, 7) is 0.623. The maximum atomic E-state index is 12.0. The van der Waals surface area contributed by atoms with Gasteiger partial charge in [0, 0.05) is 36.9 Å². The van der Waals surface area contributed by atoms with E-state index in [4.69, 9.17) is 15.2 Å². The summed E-state index contributed by atoms with van der Waals surface area (Å²) in [7, 11) is 3.09. The minimum Gasteiger partial charge on any atom is -0.496 e. The van der Waals surface area contributed by atoms with Crippen molar-refractivity contribution in [2.24, 2.45) is 5.73 Å². The number of carbonyl (C=O) groups is 2.